The summed E-state index contributed by atoms with van der Waals surface area (Å²) in [5.41, 5.74) is 2.63. The zero-order chi connectivity index (χ0) is 13.6. The molecule has 1 aliphatic heterocycles. The van der Waals surface area contributed by atoms with Crippen LogP contribution >= 0.6 is 0 Å². The van der Waals surface area contributed by atoms with Crippen LogP contribution in [0.4, 0.5) is 0 Å². The molecule has 0 amide bonds. The number of ether oxygens (including phenoxy) is 1. The van der Waals surface area contributed by atoms with E-state index in [0.29, 0.717) is 29.4 Å². The maximum absolute atomic E-state index is 9.42. The first-order chi connectivity index (χ1) is 9.08. The lowest BCUT2D eigenvalue weighted by atomic mass is 9.64. The van der Waals surface area contributed by atoms with Crippen LogP contribution in [0.3, 0.4) is 0 Å². The second-order valence-corrected chi connectivity index (χ2v) is 6.16. The highest BCUT2D eigenvalue weighted by Crippen LogP contribution is 2.49. The van der Waals surface area contributed by atoms with Crippen LogP contribution in [-0.2, 0) is 4.74 Å². The number of phenols is 1. The number of hydrogen-bond donors (Lipinski definition) is 1. The van der Waals surface area contributed by atoms with Crippen molar-refractivity contribution in [2.24, 2.45) is 23.7 Å². The summed E-state index contributed by atoms with van der Waals surface area (Å²) >= 11 is 0. The molecule has 19 heavy (non-hydrogen) atoms. The predicted molar refractivity (Wildman–Crippen MR) is 75.9 cm³/mol. The fourth-order valence-electron chi connectivity index (χ4n) is 3.91. The Morgan fingerprint density at radius 1 is 1.16 bits per heavy atom. The predicted octanol–water partition coefficient (Wildman–Crippen LogP) is 3.93. The van der Waals surface area contributed by atoms with Crippen molar-refractivity contribution in [1.29, 1.82) is 0 Å². The van der Waals surface area contributed by atoms with E-state index in [1.54, 1.807) is 12.1 Å². The van der Waals surface area contributed by atoms with Gasteiger partial charge in [-0.3, -0.25) is 0 Å². The number of allylic oxidation sites excluding steroid dienone is 1. The van der Waals surface area contributed by atoms with Gasteiger partial charge < -0.3 is 9.84 Å². The molecule has 2 nitrogen and oxygen atoms in total. The van der Waals surface area contributed by atoms with Crippen molar-refractivity contribution < 1.29 is 9.84 Å². The molecule has 1 fully saturated rings. The average Bonchev–Trinajstić information content (AvgIpc) is 2.37. The molecule has 1 N–H and O–H groups in total. The molecule has 2 heteroatoms. The number of aromatic hydroxyl groups is 1. The monoisotopic (exact) mass is 258 g/mol. The van der Waals surface area contributed by atoms with Gasteiger partial charge in [-0.1, -0.05) is 37.6 Å². The van der Waals surface area contributed by atoms with Gasteiger partial charge in [0.2, 0.25) is 0 Å². The van der Waals surface area contributed by atoms with E-state index in [-0.39, 0.29) is 6.10 Å². The summed E-state index contributed by atoms with van der Waals surface area (Å²) in [4.78, 5) is 0. The molecule has 1 aromatic rings. The molecule has 0 saturated carbocycles. The van der Waals surface area contributed by atoms with Crippen LogP contribution in [0.5, 0.6) is 5.75 Å². The Labute approximate surface area is 115 Å². The molecule has 0 unspecified atom stereocenters. The van der Waals surface area contributed by atoms with Gasteiger partial charge in [0.25, 0.3) is 0 Å². The Morgan fingerprint density at radius 3 is 2.53 bits per heavy atom. The van der Waals surface area contributed by atoms with Crippen LogP contribution in [0.1, 0.15) is 32.4 Å². The second-order valence-electron chi connectivity index (χ2n) is 6.16. The van der Waals surface area contributed by atoms with Crippen molar-refractivity contribution in [2.75, 3.05) is 6.61 Å². The van der Waals surface area contributed by atoms with Crippen LogP contribution in [0.2, 0.25) is 0 Å². The number of phenolic OH excluding ortho intramolecular Hbond substituents is 1. The zero-order valence-corrected chi connectivity index (χ0v) is 11.8. The van der Waals surface area contributed by atoms with E-state index in [0.717, 1.165) is 6.61 Å². The number of benzene rings is 1. The standard InChI is InChI=1S/C17H22O2/c1-10-8-11(2)16-12(3)15(10)9-19-17(16)13-4-6-14(18)7-5-13/h4-8,10,12,15-18H,9H2,1-3H3/t10-,12+,15-,16+,17-/m0/s1. The minimum Gasteiger partial charge on any atom is -0.508 e. The molecule has 2 aliphatic rings. The van der Waals surface area contributed by atoms with Gasteiger partial charge in [-0.15, -0.1) is 0 Å². The van der Waals surface area contributed by atoms with E-state index in [1.165, 1.54) is 11.1 Å². The molecule has 0 aromatic heterocycles. The number of rotatable bonds is 1. The van der Waals surface area contributed by atoms with Gasteiger partial charge in [-0.2, -0.15) is 0 Å². The topological polar surface area (TPSA) is 29.5 Å². The minimum absolute atomic E-state index is 0.135. The van der Waals surface area contributed by atoms with Crippen LogP contribution < -0.4 is 0 Å². The van der Waals surface area contributed by atoms with Gasteiger partial charge in [0.15, 0.2) is 0 Å². The van der Waals surface area contributed by atoms with Crippen molar-refractivity contribution in [3.05, 3.63) is 41.5 Å². The van der Waals surface area contributed by atoms with Gasteiger partial charge in [-0.25, -0.2) is 0 Å². The molecule has 1 saturated heterocycles. The SMILES string of the molecule is CC1=C[C@H](C)[C@@H]2CO[C@@H](c3ccc(O)cc3)[C@H]1[C@@H]2C. The summed E-state index contributed by atoms with van der Waals surface area (Å²) in [7, 11) is 0. The van der Waals surface area contributed by atoms with E-state index in [9.17, 15) is 5.11 Å². The zero-order valence-electron chi connectivity index (χ0n) is 11.8. The van der Waals surface area contributed by atoms with Gasteiger partial charge >= 0.3 is 0 Å². The smallest absolute Gasteiger partial charge is 0.115 e. The third-order valence-electron chi connectivity index (χ3n) is 4.98. The molecule has 3 rings (SSSR count). The lowest BCUT2D eigenvalue weighted by Crippen LogP contribution is -2.42. The van der Waals surface area contributed by atoms with Crippen molar-refractivity contribution >= 4 is 0 Å². The number of hydrogen-bond acceptors (Lipinski definition) is 2. The Balaban J connectivity index is 1.96. The average molecular weight is 258 g/mol. The minimum atomic E-state index is 0.135. The molecule has 1 aliphatic carbocycles. The fourth-order valence-corrected chi connectivity index (χ4v) is 3.91. The molecule has 102 valence electrons. The Morgan fingerprint density at radius 2 is 1.84 bits per heavy atom. The van der Waals surface area contributed by atoms with Crippen LogP contribution in [0.15, 0.2) is 35.9 Å². The van der Waals surface area contributed by atoms with Gasteiger partial charge in [-0.05, 0) is 42.4 Å². The first kappa shape index (κ1) is 12.7. The van der Waals surface area contributed by atoms with Gasteiger partial charge in [0.05, 0.1) is 12.7 Å². The van der Waals surface area contributed by atoms with Crippen LogP contribution in [0, 0.1) is 23.7 Å². The highest BCUT2D eigenvalue weighted by molar-refractivity contribution is 5.30. The first-order valence-electron chi connectivity index (χ1n) is 7.16. The molecule has 2 bridgehead atoms. The highest BCUT2D eigenvalue weighted by Gasteiger charge is 2.43. The maximum atomic E-state index is 9.42. The second kappa shape index (κ2) is 4.68. The van der Waals surface area contributed by atoms with E-state index in [4.69, 9.17) is 4.74 Å². The molecular weight excluding hydrogens is 236 g/mol. The van der Waals surface area contributed by atoms with Crippen molar-refractivity contribution in [1.82, 2.24) is 0 Å². The summed E-state index contributed by atoms with van der Waals surface area (Å²) < 4.78 is 6.16. The first-order valence-corrected chi connectivity index (χ1v) is 7.16. The molecule has 1 heterocycles. The quantitative estimate of drug-likeness (QED) is 0.773. The lowest BCUT2D eigenvalue weighted by molar-refractivity contribution is -0.0934. The summed E-state index contributed by atoms with van der Waals surface area (Å²) in [6.45, 7) is 7.73. The molecular formula is C17H22O2. The van der Waals surface area contributed by atoms with E-state index in [1.807, 2.05) is 12.1 Å². The van der Waals surface area contributed by atoms with Crippen molar-refractivity contribution in [2.45, 2.75) is 26.9 Å². The third-order valence-corrected chi connectivity index (χ3v) is 4.98. The summed E-state index contributed by atoms with van der Waals surface area (Å²) in [6.07, 6.45) is 2.56. The van der Waals surface area contributed by atoms with E-state index in [2.05, 4.69) is 26.8 Å². The molecule has 0 spiro atoms. The maximum Gasteiger partial charge on any atom is 0.115 e. The Bertz CT molecular complexity index is 488. The third kappa shape index (κ3) is 2.08. The molecule has 0 radical (unpaired) electrons. The van der Waals surface area contributed by atoms with E-state index >= 15 is 0 Å². The van der Waals surface area contributed by atoms with Crippen LogP contribution in [-0.4, -0.2) is 11.7 Å². The lowest BCUT2D eigenvalue weighted by Gasteiger charge is -2.47. The number of fused-ring (bicyclic) bond motifs is 2. The Hall–Kier alpha value is -1.28. The highest BCUT2D eigenvalue weighted by atomic mass is 16.5. The summed E-state index contributed by atoms with van der Waals surface area (Å²) in [5, 5.41) is 9.42. The van der Waals surface area contributed by atoms with Crippen molar-refractivity contribution in [3.63, 3.8) is 0 Å². The van der Waals surface area contributed by atoms with Gasteiger partial charge in [0, 0.05) is 5.92 Å². The molecule has 5 atom stereocenters. The largest absolute Gasteiger partial charge is 0.508 e. The van der Waals surface area contributed by atoms with Crippen LogP contribution in [0.25, 0.3) is 0 Å². The van der Waals surface area contributed by atoms with Gasteiger partial charge in [0.1, 0.15) is 5.75 Å². The molecule has 1 aromatic carbocycles. The normalized spacial score (nSPS) is 37.8. The van der Waals surface area contributed by atoms with Crippen molar-refractivity contribution in [3.8, 4) is 5.75 Å². The fraction of sp³-hybridized carbons (Fsp3) is 0.529. The Kier molecular flexibility index (Phi) is 3.14. The summed E-state index contributed by atoms with van der Waals surface area (Å²) in [5.74, 6) is 2.70. The van der Waals surface area contributed by atoms with E-state index < -0.39 is 0 Å². The summed E-state index contributed by atoms with van der Waals surface area (Å²) in [6, 6.07) is 7.47.